The third-order valence-corrected chi connectivity index (χ3v) is 5.71. The number of rotatable bonds is 8. The van der Waals surface area contributed by atoms with E-state index in [2.05, 4.69) is 21.2 Å². The second kappa shape index (κ2) is 9.99. The summed E-state index contributed by atoms with van der Waals surface area (Å²) in [5.41, 5.74) is 2.04. The van der Waals surface area contributed by atoms with Gasteiger partial charge in [-0.25, -0.2) is 0 Å². The van der Waals surface area contributed by atoms with Crippen LogP contribution < -0.4 is 14.8 Å². The number of hydrogen-bond donors (Lipinski definition) is 1. The summed E-state index contributed by atoms with van der Waals surface area (Å²) in [6.45, 7) is 2.83. The maximum Gasteiger partial charge on any atom is 0.175 e. The highest BCUT2D eigenvalue weighted by Crippen LogP contribution is 2.37. The Hall–Kier alpha value is -0.980. The average molecular weight is 475 g/mol. The maximum atomic E-state index is 6.06. The molecule has 1 aliphatic rings. The summed E-state index contributed by atoms with van der Waals surface area (Å²) < 4.78 is 18.0. The molecule has 7 heteroatoms. The first-order valence-electron chi connectivity index (χ1n) is 8.82. The van der Waals surface area contributed by atoms with Crippen LogP contribution in [0.2, 0.25) is 10.0 Å². The smallest absolute Gasteiger partial charge is 0.175 e. The minimum Gasteiger partial charge on any atom is -0.493 e. The Balaban J connectivity index is 1.63. The molecule has 0 unspecified atom stereocenters. The van der Waals surface area contributed by atoms with Crippen LogP contribution in [0.4, 0.5) is 0 Å². The highest BCUT2D eigenvalue weighted by Gasteiger charge is 2.16. The Labute approximate surface area is 178 Å². The molecule has 1 aliphatic heterocycles. The van der Waals surface area contributed by atoms with Crippen LogP contribution in [0.1, 0.15) is 24.0 Å². The molecular weight excluding hydrogens is 453 g/mol. The van der Waals surface area contributed by atoms with Gasteiger partial charge in [0.2, 0.25) is 0 Å². The van der Waals surface area contributed by atoms with Crippen LogP contribution in [-0.4, -0.2) is 26.4 Å². The molecule has 0 aliphatic carbocycles. The van der Waals surface area contributed by atoms with Crippen molar-refractivity contribution in [3.05, 3.63) is 56.0 Å². The minimum atomic E-state index is 0.323. The molecule has 0 bridgehead atoms. The third kappa shape index (κ3) is 5.75. The van der Waals surface area contributed by atoms with E-state index in [0.29, 0.717) is 34.3 Å². The molecule has 0 aromatic heterocycles. The number of hydrogen-bond acceptors (Lipinski definition) is 4. The molecular formula is C20H22BrCl2NO3. The number of nitrogens with one attached hydrogen (secondary N) is 1. The van der Waals surface area contributed by atoms with Crippen molar-refractivity contribution >= 4 is 39.1 Å². The lowest BCUT2D eigenvalue weighted by molar-refractivity contribution is 0.110. The molecule has 0 spiro atoms. The molecule has 1 saturated heterocycles. The van der Waals surface area contributed by atoms with E-state index in [9.17, 15) is 0 Å². The van der Waals surface area contributed by atoms with E-state index in [0.717, 1.165) is 48.1 Å². The van der Waals surface area contributed by atoms with Crippen LogP contribution in [0.3, 0.4) is 0 Å². The van der Waals surface area contributed by atoms with E-state index in [1.54, 1.807) is 19.2 Å². The van der Waals surface area contributed by atoms with E-state index in [-0.39, 0.29) is 0 Å². The third-order valence-electron chi connectivity index (χ3n) is 4.38. The summed E-state index contributed by atoms with van der Waals surface area (Å²) in [6.07, 6.45) is 2.60. The van der Waals surface area contributed by atoms with Crippen LogP contribution in [0, 0.1) is 0 Å². The zero-order chi connectivity index (χ0) is 19.2. The number of halogens is 3. The van der Waals surface area contributed by atoms with Gasteiger partial charge in [0.15, 0.2) is 11.5 Å². The number of benzene rings is 2. The van der Waals surface area contributed by atoms with Crippen LogP contribution >= 0.6 is 39.1 Å². The lowest BCUT2D eigenvalue weighted by Crippen LogP contribution is -2.25. The van der Waals surface area contributed by atoms with Gasteiger partial charge in [0.25, 0.3) is 0 Å². The molecule has 0 saturated carbocycles. The monoisotopic (exact) mass is 473 g/mol. The van der Waals surface area contributed by atoms with Crippen molar-refractivity contribution < 1.29 is 14.2 Å². The summed E-state index contributed by atoms with van der Waals surface area (Å²) in [5.74, 6) is 1.34. The molecule has 1 heterocycles. The summed E-state index contributed by atoms with van der Waals surface area (Å²) in [6, 6.07) is 9.47. The Bertz CT molecular complexity index is 782. The van der Waals surface area contributed by atoms with Crippen LogP contribution in [0.5, 0.6) is 11.5 Å². The summed E-state index contributed by atoms with van der Waals surface area (Å²) >= 11 is 15.6. The van der Waals surface area contributed by atoms with Gasteiger partial charge < -0.3 is 19.5 Å². The van der Waals surface area contributed by atoms with Crippen molar-refractivity contribution in [3.8, 4) is 11.5 Å². The van der Waals surface area contributed by atoms with Gasteiger partial charge in [0.05, 0.1) is 27.7 Å². The molecule has 1 N–H and O–H groups in total. The first kappa shape index (κ1) is 20.7. The molecule has 3 rings (SSSR count). The van der Waals surface area contributed by atoms with Gasteiger partial charge in [-0.2, -0.15) is 0 Å². The second-order valence-electron chi connectivity index (χ2n) is 6.41. The molecule has 2 aromatic rings. The normalized spacial score (nSPS) is 16.5. The first-order chi connectivity index (χ1) is 13.1. The molecule has 0 radical (unpaired) electrons. The predicted octanol–water partition coefficient (Wildman–Crippen LogP) is 5.61. The highest BCUT2D eigenvalue weighted by molar-refractivity contribution is 9.10. The minimum absolute atomic E-state index is 0.323. The Morgan fingerprint density at radius 1 is 1.19 bits per heavy atom. The first-order valence-corrected chi connectivity index (χ1v) is 10.4. The fraction of sp³-hybridized carbons (Fsp3) is 0.400. The van der Waals surface area contributed by atoms with Gasteiger partial charge in [-0.3, -0.25) is 0 Å². The van der Waals surface area contributed by atoms with Gasteiger partial charge in [0, 0.05) is 19.7 Å². The van der Waals surface area contributed by atoms with E-state index in [4.69, 9.17) is 37.4 Å². The van der Waals surface area contributed by atoms with Crippen molar-refractivity contribution in [1.82, 2.24) is 5.32 Å². The summed E-state index contributed by atoms with van der Waals surface area (Å²) in [5, 5.41) is 4.48. The zero-order valence-corrected chi connectivity index (χ0v) is 18.2. The Kier molecular flexibility index (Phi) is 7.67. The number of methoxy groups -OCH3 is 1. The van der Waals surface area contributed by atoms with E-state index < -0.39 is 0 Å². The summed E-state index contributed by atoms with van der Waals surface area (Å²) in [7, 11) is 1.64. The molecule has 4 nitrogen and oxygen atoms in total. The lowest BCUT2D eigenvalue weighted by atomic mass is 10.2. The van der Waals surface area contributed by atoms with Gasteiger partial charge in [-0.1, -0.05) is 29.3 Å². The fourth-order valence-electron chi connectivity index (χ4n) is 2.98. The molecule has 1 atom stereocenters. The quantitative estimate of drug-likeness (QED) is 0.539. The van der Waals surface area contributed by atoms with Crippen molar-refractivity contribution in [2.24, 2.45) is 0 Å². The number of ether oxygens (including phenoxy) is 3. The van der Waals surface area contributed by atoms with Gasteiger partial charge in [-0.15, -0.1) is 0 Å². The standard InChI is InChI=1S/C20H22BrCl2NO3/c1-25-19-9-14(10-24-11-15-3-2-6-26-15)7-16(21)20(19)27-12-13-4-5-17(22)18(23)8-13/h4-5,7-9,15,24H,2-3,6,10-12H2,1H3/t15-/m1/s1. The largest absolute Gasteiger partial charge is 0.493 e. The highest BCUT2D eigenvalue weighted by atomic mass is 79.9. The van der Waals surface area contributed by atoms with E-state index >= 15 is 0 Å². The van der Waals surface area contributed by atoms with Crippen LogP contribution in [-0.2, 0) is 17.9 Å². The van der Waals surface area contributed by atoms with Crippen molar-refractivity contribution in [2.45, 2.75) is 32.1 Å². The molecule has 27 heavy (non-hydrogen) atoms. The average Bonchev–Trinajstić information content (AvgIpc) is 3.16. The van der Waals surface area contributed by atoms with E-state index in [1.807, 2.05) is 18.2 Å². The molecule has 1 fully saturated rings. The van der Waals surface area contributed by atoms with Crippen molar-refractivity contribution in [2.75, 3.05) is 20.3 Å². The Morgan fingerprint density at radius 3 is 2.74 bits per heavy atom. The van der Waals surface area contributed by atoms with Gasteiger partial charge >= 0.3 is 0 Å². The molecule has 146 valence electrons. The van der Waals surface area contributed by atoms with Gasteiger partial charge in [-0.05, 0) is 64.2 Å². The SMILES string of the molecule is COc1cc(CNC[C@H]2CCCO2)cc(Br)c1OCc1ccc(Cl)c(Cl)c1. The van der Waals surface area contributed by atoms with Crippen LogP contribution in [0.15, 0.2) is 34.8 Å². The Morgan fingerprint density at radius 2 is 2.04 bits per heavy atom. The fourth-order valence-corrected chi connectivity index (χ4v) is 3.91. The van der Waals surface area contributed by atoms with Crippen molar-refractivity contribution in [1.29, 1.82) is 0 Å². The summed E-state index contributed by atoms with van der Waals surface area (Å²) in [4.78, 5) is 0. The topological polar surface area (TPSA) is 39.7 Å². The second-order valence-corrected chi connectivity index (χ2v) is 8.08. The van der Waals surface area contributed by atoms with Gasteiger partial charge in [0.1, 0.15) is 6.61 Å². The lowest BCUT2D eigenvalue weighted by Gasteiger charge is -2.16. The van der Waals surface area contributed by atoms with E-state index in [1.165, 1.54) is 0 Å². The van der Waals surface area contributed by atoms with Crippen molar-refractivity contribution in [3.63, 3.8) is 0 Å². The predicted molar refractivity (Wildman–Crippen MR) is 112 cm³/mol. The molecule has 0 amide bonds. The zero-order valence-electron chi connectivity index (χ0n) is 15.1. The molecule has 2 aromatic carbocycles. The van der Waals surface area contributed by atoms with Crippen LogP contribution in [0.25, 0.3) is 0 Å². The maximum absolute atomic E-state index is 6.06.